The van der Waals surface area contributed by atoms with Gasteiger partial charge in [-0.3, -0.25) is 24.5 Å². The van der Waals surface area contributed by atoms with Crippen molar-refractivity contribution in [2.24, 2.45) is 4.99 Å². The minimum atomic E-state index is -1.22. The van der Waals surface area contributed by atoms with Crippen LogP contribution in [0.15, 0.2) is 83.9 Å². The van der Waals surface area contributed by atoms with E-state index in [-0.39, 0.29) is 11.4 Å². The van der Waals surface area contributed by atoms with Gasteiger partial charge in [0.05, 0.1) is 16.3 Å². The van der Waals surface area contributed by atoms with Gasteiger partial charge < -0.3 is 20.3 Å². The minimum Gasteiger partial charge on any atom is -0.484 e. The smallest absolute Gasteiger partial charge is 0.272 e. The number of nitrogens with one attached hydrogen (secondary N) is 2. The number of nitro groups is 1. The number of benzene rings is 3. The third kappa shape index (κ3) is 5.84. The van der Waals surface area contributed by atoms with Crippen LogP contribution in [0.4, 0.5) is 11.4 Å². The van der Waals surface area contributed by atoms with E-state index in [0.717, 1.165) is 11.1 Å². The van der Waals surface area contributed by atoms with Gasteiger partial charge >= 0.3 is 0 Å². The summed E-state index contributed by atoms with van der Waals surface area (Å²) in [6.07, 6.45) is -1.22. The van der Waals surface area contributed by atoms with Crippen LogP contribution in [0.25, 0.3) is 0 Å². The number of nitro benzene ring substituents is 1. The molecule has 3 aromatic rings. The second-order valence-corrected chi connectivity index (χ2v) is 8.50. The quantitative estimate of drug-likeness (QED) is 0.348. The summed E-state index contributed by atoms with van der Waals surface area (Å²) in [6, 6.07) is 20.9. The standard InChI is InChI=1S/C27H25N5O6/c1-17(28-23(33)16-38-20-14-12-19(13-15-20)32(36)37)26(34)30-25-27(35)31(2)22-11-7-6-10-21(22)24(29-25)18-8-4-3-5-9-18/h3-15,17,25H,16H2,1-2H3,(H,28,33)(H,30,34)/t17-,25+/m0/s1. The molecule has 1 aliphatic heterocycles. The number of aliphatic imine (C=N–C) groups is 1. The van der Waals surface area contributed by atoms with E-state index >= 15 is 0 Å². The number of non-ortho nitro benzene ring substituents is 1. The van der Waals surface area contributed by atoms with E-state index in [4.69, 9.17) is 4.74 Å². The number of likely N-dealkylation sites (N-methyl/N-ethyl adjacent to an activating group) is 1. The van der Waals surface area contributed by atoms with Gasteiger partial charge in [0.25, 0.3) is 17.5 Å². The topological polar surface area (TPSA) is 143 Å². The van der Waals surface area contributed by atoms with E-state index in [1.165, 1.54) is 36.1 Å². The number of benzodiazepines with no additional fused rings is 1. The number of hydrogen-bond acceptors (Lipinski definition) is 7. The number of ether oxygens (including phenoxy) is 1. The molecule has 2 atom stereocenters. The molecule has 4 rings (SSSR count). The summed E-state index contributed by atoms with van der Waals surface area (Å²) in [7, 11) is 1.62. The number of para-hydroxylation sites is 1. The molecule has 11 heteroatoms. The van der Waals surface area contributed by atoms with Crippen LogP contribution in [0.5, 0.6) is 5.75 Å². The van der Waals surface area contributed by atoms with Crippen LogP contribution in [0.1, 0.15) is 18.1 Å². The molecule has 194 valence electrons. The van der Waals surface area contributed by atoms with Crippen molar-refractivity contribution in [1.82, 2.24) is 10.6 Å². The summed E-state index contributed by atoms with van der Waals surface area (Å²) in [5.74, 6) is -1.37. The lowest BCUT2D eigenvalue weighted by Crippen LogP contribution is -2.52. The van der Waals surface area contributed by atoms with Gasteiger partial charge in [-0.2, -0.15) is 0 Å². The Hall–Kier alpha value is -5.06. The van der Waals surface area contributed by atoms with Crippen molar-refractivity contribution in [2.75, 3.05) is 18.6 Å². The highest BCUT2D eigenvalue weighted by Gasteiger charge is 2.32. The first kappa shape index (κ1) is 26.0. The molecular weight excluding hydrogens is 490 g/mol. The maximum absolute atomic E-state index is 13.2. The molecule has 2 N–H and O–H groups in total. The molecule has 0 radical (unpaired) electrons. The van der Waals surface area contributed by atoms with Crippen molar-refractivity contribution in [3.63, 3.8) is 0 Å². The van der Waals surface area contributed by atoms with Crippen LogP contribution in [-0.4, -0.2) is 54.2 Å². The second-order valence-electron chi connectivity index (χ2n) is 8.50. The third-order valence-corrected chi connectivity index (χ3v) is 5.86. The fourth-order valence-electron chi connectivity index (χ4n) is 3.86. The zero-order chi connectivity index (χ0) is 27.2. The molecule has 3 amide bonds. The Kier molecular flexibility index (Phi) is 7.76. The molecule has 0 aliphatic carbocycles. The van der Waals surface area contributed by atoms with Crippen molar-refractivity contribution in [3.8, 4) is 5.75 Å². The Morgan fingerprint density at radius 3 is 2.39 bits per heavy atom. The predicted molar refractivity (Wildman–Crippen MR) is 140 cm³/mol. The van der Waals surface area contributed by atoms with E-state index in [1.54, 1.807) is 7.05 Å². The van der Waals surface area contributed by atoms with Gasteiger partial charge in [0, 0.05) is 30.3 Å². The first-order chi connectivity index (χ1) is 18.2. The van der Waals surface area contributed by atoms with Gasteiger partial charge in [0.15, 0.2) is 6.61 Å². The predicted octanol–water partition coefficient (Wildman–Crippen LogP) is 2.43. The molecular formula is C27H25N5O6. The zero-order valence-corrected chi connectivity index (χ0v) is 20.7. The van der Waals surface area contributed by atoms with Crippen LogP contribution in [0, 0.1) is 10.1 Å². The molecule has 1 aliphatic rings. The van der Waals surface area contributed by atoms with E-state index in [9.17, 15) is 24.5 Å². The van der Waals surface area contributed by atoms with Crippen molar-refractivity contribution < 1.29 is 24.0 Å². The lowest BCUT2D eigenvalue weighted by Gasteiger charge is -2.22. The minimum absolute atomic E-state index is 0.105. The molecule has 0 aromatic heterocycles. The lowest BCUT2D eigenvalue weighted by molar-refractivity contribution is -0.384. The number of nitrogens with zero attached hydrogens (tertiary/aromatic N) is 3. The maximum atomic E-state index is 13.2. The SMILES string of the molecule is C[C@H](NC(=O)COc1ccc([N+](=O)[O-])cc1)C(=O)N[C@H]1N=C(c2ccccc2)c2ccccc2N(C)C1=O. The van der Waals surface area contributed by atoms with Gasteiger partial charge in [-0.1, -0.05) is 48.5 Å². The highest BCUT2D eigenvalue weighted by molar-refractivity contribution is 6.20. The van der Waals surface area contributed by atoms with Crippen molar-refractivity contribution >= 4 is 34.8 Å². The highest BCUT2D eigenvalue weighted by atomic mass is 16.6. The first-order valence-corrected chi connectivity index (χ1v) is 11.7. The van der Waals surface area contributed by atoms with Crippen LogP contribution >= 0.6 is 0 Å². The molecule has 0 saturated heterocycles. The number of amides is 3. The monoisotopic (exact) mass is 515 g/mol. The number of hydrogen-bond donors (Lipinski definition) is 2. The second kappa shape index (κ2) is 11.3. The number of anilines is 1. The molecule has 1 heterocycles. The summed E-state index contributed by atoms with van der Waals surface area (Å²) in [5.41, 5.74) is 2.63. The van der Waals surface area contributed by atoms with E-state index in [2.05, 4.69) is 15.6 Å². The molecule has 0 spiro atoms. The number of carbonyl (C=O) groups is 3. The normalized spacial score (nSPS) is 15.4. The summed E-state index contributed by atoms with van der Waals surface area (Å²) in [6.45, 7) is 1.06. The molecule has 38 heavy (non-hydrogen) atoms. The molecule has 3 aromatic carbocycles. The zero-order valence-electron chi connectivity index (χ0n) is 20.7. The number of rotatable bonds is 8. The average molecular weight is 516 g/mol. The summed E-state index contributed by atoms with van der Waals surface area (Å²) in [5, 5.41) is 15.9. The summed E-state index contributed by atoms with van der Waals surface area (Å²) < 4.78 is 5.33. The fraction of sp³-hybridized carbons (Fsp3) is 0.185. The molecule has 0 fully saturated rings. The third-order valence-electron chi connectivity index (χ3n) is 5.86. The largest absolute Gasteiger partial charge is 0.484 e. The molecule has 0 bridgehead atoms. The van der Waals surface area contributed by atoms with Crippen LogP contribution in [-0.2, 0) is 14.4 Å². The van der Waals surface area contributed by atoms with Gasteiger partial charge in [-0.15, -0.1) is 0 Å². The van der Waals surface area contributed by atoms with Gasteiger partial charge in [0.2, 0.25) is 12.1 Å². The van der Waals surface area contributed by atoms with Crippen molar-refractivity contribution in [2.45, 2.75) is 19.1 Å². The van der Waals surface area contributed by atoms with Crippen LogP contribution in [0.3, 0.4) is 0 Å². The van der Waals surface area contributed by atoms with E-state index in [0.29, 0.717) is 11.4 Å². The molecule has 0 saturated carbocycles. The van der Waals surface area contributed by atoms with E-state index in [1.807, 2.05) is 54.6 Å². The average Bonchev–Trinajstić information content (AvgIpc) is 3.03. The highest BCUT2D eigenvalue weighted by Crippen LogP contribution is 2.27. The first-order valence-electron chi connectivity index (χ1n) is 11.7. The summed E-state index contributed by atoms with van der Waals surface area (Å²) >= 11 is 0. The lowest BCUT2D eigenvalue weighted by atomic mass is 10.0. The van der Waals surface area contributed by atoms with Crippen molar-refractivity contribution in [1.29, 1.82) is 0 Å². The Labute approximate surface area is 218 Å². The maximum Gasteiger partial charge on any atom is 0.272 e. The Bertz CT molecular complexity index is 1390. The Balaban J connectivity index is 1.44. The Morgan fingerprint density at radius 1 is 1.05 bits per heavy atom. The van der Waals surface area contributed by atoms with Crippen LogP contribution < -0.4 is 20.3 Å². The van der Waals surface area contributed by atoms with Crippen molar-refractivity contribution in [3.05, 3.63) is 100 Å². The summed E-state index contributed by atoms with van der Waals surface area (Å²) in [4.78, 5) is 54.8. The van der Waals surface area contributed by atoms with Gasteiger partial charge in [-0.05, 0) is 25.1 Å². The van der Waals surface area contributed by atoms with E-state index < -0.39 is 41.5 Å². The number of fused-ring (bicyclic) bond motifs is 1. The fourth-order valence-corrected chi connectivity index (χ4v) is 3.86. The van der Waals surface area contributed by atoms with Crippen LogP contribution in [0.2, 0.25) is 0 Å². The number of carbonyl (C=O) groups excluding carboxylic acids is 3. The van der Waals surface area contributed by atoms with Gasteiger partial charge in [0.1, 0.15) is 11.8 Å². The molecule has 11 nitrogen and oxygen atoms in total. The van der Waals surface area contributed by atoms with Gasteiger partial charge in [-0.25, -0.2) is 4.99 Å². The molecule has 0 unspecified atom stereocenters. The Morgan fingerprint density at radius 2 is 1.71 bits per heavy atom.